The lowest BCUT2D eigenvalue weighted by Crippen LogP contribution is -2.21. The zero-order chi connectivity index (χ0) is 21.7. The third-order valence-electron chi connectivity index (χ3n) is 4.35. The number of nitrogens with one attached hydrogen (secondary N) is 2. The van der Waals surface area contributed by atoms with Crippen molar-refractivity contribution < 1.29 is 9.53 Å². The van der Waals surface area contributed by atoms with Gasteiger partial charge in [-0.1, -0.05) is 24.3 Å². The highest BCUT2D eigenvalue weighted by Gasteiger charge is 2.20. The molecule has 0 aliphatic rings. The van der Waals surface area contributed by atoms with E-state index in [-0.39, 0.29) is 11.8 Å². The van der Waals surface area contributed by atoms with Crippen LogP contribution in [-0.4, -0.2) is 36.7 Å². The molecule has 0 saturated carbocycles. The second kappa shape index (κ2) is 9.53. The largest absolute Gasteiger partial charge is 0.458 e. The van der Waals surface area contributed by atoms with Crippen LogP contribution in [0.5, 0.6) is 0 Å². The van der Waals surface area contributed by atoms with Crippen molar-refractivity contribution in [3.8, 4) is 0 Å². The molecule has 0 aliphatic heterocycles. The van der Waals surface area contributed by atoms with E-state index < -0.39 is 5.97 Å². The molecule has 3 rings (SSSR count). The number of carbonyl (C=O) groups excluding carboxylic acids is 1. The van der Waals surface area contributed by atoms with Crippen LogP contribution in [0.25, 0.3) is 0 Å². The maximum atomic E-state index is 12.3. The molecule has 1 aromatic carbocycles. The van der Waals surface area contributed by atoms with Crippen molar-refractivity contribution in [3.63, 3.8) is 0 Å². The summed E-state index contributed by atoms with van der Waals surface area (Å²) in [6.45, 7) is 8.89. The third kappa shape index (κ3) is 5.44. The Bertz CT molecular complexity index is 1040. The van der Waals surface area contributed by atoms with E-state index in [1.165, 1.54) is 11.1 Å². The fourth-order valence-electron chi connectivity index (χ4n) is 2.84. The van der Waals surface area contributed by atoms with E-state index >= 15 is 0 Å². The maximum absolute atomic E-state index is 12.3. The van der Waals surface area contributed by atoms with Gasteiger partial charge in [-0.15, -0.1) is 0 Å². The van der Waals surface area contributed by atoms with Crippen LogP contribution in [-0.2, 0) is 17.8 Å². The number of esters is 1. The molecule has 0 fully saturated rings. The predicted molar refractivity (Wildman–Crippen MR) is 121 cm³/mol. The molecular weight excluding hydrogens is 400 g/mol. The molecule has 0 bridgehead atoms. The predicted octanol–water partition coefficient (Wildman–Crippen LogP) is 3.83. The normalized spacial score (nSPS) is 10.8. The Morgan fingerprint density at radius 1 is 1.17 bits per heavy atom. The molecule has 0 amide bonds. The number of rotatable bonds is 7. The first kappa shape index (κ1) is 21.5. The lowest BCUT2D eigenvalue weighted by Gasteiger charge is -2.10. The number of aromatic nitrogens is 4. The molecule has 158 valence electrons. The minimum atomic E-state index is -0.495. The van der Waals surface area contributed by atoms with Gasteiger partial charge < -0.3 is 15.4 Å². The summed E-state index contributed by atoms with van der Waals surface area (Å²) in [6, 6.07) is 10.0. The molecular formula is C21H26N6O2S. The smallest absolute Gasteiger partial charge is 0.361 e. The molecule has 9 heteroatoms. The van der Waals surface area contributed by atoms with Crippen molar-refractivity contribution in [2.24, 2.45) is 0 Å². The fraction of sp³-hybridized carbons (Fsp3) is 0.333. The standard InChI is InChI=1S/C21H26N6O2S/c1-5-26-13-17(19(25-26)20(28)29-14(2)3)22-21(30)23-18-10-11-27(24-18)12-16-9-7-6-8-15(16)4/h6-11,13-14H,5,12H2,1-4H3,(H2,22,23,24,30). The number of nitrogens with zero attached hydrogens (tertiary/aromatic N) is 4. The fourth-order valence-corrected chi connectivity index (χ4v) is 3.06. The van der Waals surface area contributed by atoms with E-state index in [9.17, 15) is 4.79 Å². The molecule has 8 nitrogen and oxygen atoms in total. The Morgan fingerprint density at radius 2 is 1.93 bits per heavy atom. The summed E-state index contributed by atoms with van der Waals surface area (Å²) in [4.78, 5) is 12.3. The molecule has 0 unspecified atom stereocenters. The van der Waals surface area contributed by atoms with E-state index in [4.69, 9.17) is 17.0 Å². The van der Waals surface area contributed by atoms with Gasteiger partial charge in [0.25, 0.3) is 0 Å². The average Bonchev–Trinajstić information content (AvgIpc) is 3.29. The first-order chi connectivity index (χ1) is 14.4. The zero-order valence-corrected chi connectivity index (χ0v) is 18.4. The first-order valence-electron chi connectivity index (χ1n) is 9.80. The third-order valence-corrected chi connectivity index (χ3v) is 4.55. The quantitative estimate of drug-likeness (QED) is 0.439. The molecule has 2 heterocycles. The van der Waals surface area contributed by atoms with Gasteiger partial charge >= 0.3 is 5.97 Å². The monoisotopic (exact) mass is 426 g/mol. The van der Waals surface area contributed by atoms with Crippen molar-refractivity contribution in [2.45, 2.75) is 46.9 Å². The molecule has 0 atom stereocenters. The lowest BCUT2D eigenvalue weighted by molar-refractivity contribution is 0.0371. The highest BCUT2D eigenvalue weighted by Crippen LogP contribution is 2.17. The molecule has 2 aromatic heterocycles. The van der Waals surface area contributed by atoms with Crippen LogP contribution in [0.1, 0.15) is 42.4 Å². The molecule has 2 N–H and O–H groups in total. The maximum Gasteiger partial charge on any atom is 0.361 e. The molecule has 0 saturated heterocycles. The van der Waals surface area contributed by atoms with Gasteiger partial charge in [-0.05, 0) is 51.0 Å². The second-order valence-electron chi connectivity index (χ2n) is 7.11. The Kier molecular flexibility index (Phi) is 6.83. The summed E-state index contributed by atoms with van der Waals surface area (Å²) >= 11 is 5.40. The van der Waals surface area contributed by atoms with Crippen LogP contribution in [0.4, 0.5) is 11.5 Å². The minimum Gasteiger partial charge on any atom is -0.458 e. The number of aryl methyl sites for hydroxylation is 2. The van der Waals surface area contributed by atoms with Gasteiger partial charge in [0, 0.05) is 25.0 Å². The highest BCUT2D eigenvalue weighted by molar-refractivity contribution is 7.80. The van der Waals surface area contributed by atoms with Gasteiger partial charge in [0.15, 0.2) is 16.6 Å². The summed E-state index contributed by atoms with van der Waals surface area (Å²) in [5.74, 6) is 0.111. The molecule has 0 spiro atoms. The van der Waals surface area contributed by atoms with Gasteiger partial charge in [0.1, 0.15) is 0 Å². The van der Waals surface area contributed by atoms with Crippen molar-refractivity contribution in [1.82, 2.24) is 19.6 Å². The zero-order valence-electron chi connectivity index (χ0n) is 17.5. The van der Waals surface area contributed by atoms with Crippen LogP contribution in [0, 0.1) is 6.92 Å². The van der Waals surface area contributed by atoms with Gasteiger partial charge in [0.05, 0.1) is 18.3 Å². The summed E-state index contributed by atoms with van der Waals surface area (Å²) in [6.07, 6.45) is 3.37. The molecule has 3 aromatic rings. The van der Waals surface area contributed by atoms with Gasteiger partial charge in [-0.2, -0.15) is 10.2 Å². The second-order valence-corrected chi connectivity index (χ2v) is 7.51. The Hall–Kier alpha value is -3.20. The topological polar surface area (TPSA) is 86.0 Å². The van der Waals surface area contributed by atoms with Crippen molar-refractivity contribution in [3.05, 3.63) is 59.5 Å². The number of thiocarbonyl (C=S) groups is 1. The van der Waals surface area contributed by atoms with Crippen LogP contribution in [0.15, 0.2) is 42.7 Å². The van der Waals surface area contributed by atoms with Crippen LogP contribution in [0.3, 0.4) is 0 Å². The molecule has 30 heavy (non-hydrogen) atoms. The first-order valence-corrected chi connectivity index (χ1v) is 10.2. The lowest BCUT2D eigenvalue weighted by atomic mass is 10.1. The van der Waals surface area contributed by atoms with E-state index in [0.717, 1.165) is 0 Å². The average molecular weight is 427 g/mol. The summed E-state index contributed by atoms with van der Waals surface area (Å²) < 4.78 is 8.76. The summed E-state index contributed by atoms with van der Waals surface area (Å²) in [5.41, 5.74) is 3.10. The van der Waals surface area contributed by atoms with Gasteiger partial charge in [0.2, 0.25) is 0 Å². The number of ether oxygens (including phenoxy) is 1. The Balaban J connectivity index is 1.66. The van der Waals surface area contributed by atoms with Crippen LogP contribution < -0.4 is 10.6 Å². The molecule has 0 radical (unpaired) electrons. The number of carbonyl (C=O) groups is 1. The van der Waals surface area contributed by atoms with Crippen molar-refractivity contribution >= 4 is 34.8 Å². The minimum absolute atomic E-state index is 0.194. The Labute approximate surface area is 181 Å². The van der Waals surface area contributed by atoms with E-state index in [1.54, 1.807) is 24.7 Å². The van der Waals surface area contributed by atoms with Crippen LogP contribution >= 0.6 is 12.2 Å². The van der Waals surface area contributed by atoms with Crippen molar-refractivity contribution in [2.75, 3.05) is 10.6 Å². The summed E-state index contributed by atoms with van der Waals surface area (Å²) in [5, 5.41) is 15.2. The van der Waals surface area contributed by atoms with Gasteiger partial charge in [-0.3, -0.25) is 9.36 Å². The van der Waals surface area contributed by atoms with Gasteiger partial charge in [-0.25, -0.2) is 4.79 Å². The summed E-state index contributed by atoms with van der Waals surface area (Å²) in [7, 11) is 0. The SMILES string of the molecule is CCn1cc(NC(=S)Nc2ccn(Cc3ccccc3C)n2)c(C(=O)OC(C)C)n1. The Morgan fingerprint density at radius 3 is 2.63 bits per heavy atom. The van der Waals surface area contributed by atoms with Crippen LogP contribution in [0.2, 0.25) is 0 Å². The number of anilines is 2. The van der Waals surface area contributed by atoms with E-state index in [2.05, 4.69) is 39.9 Å². The van der Waals surface area contributed by atoms with Crippen molar-refractivity contribution in [1.29, 1.82) is 0 Å². The number of hydrogen-bond donors (Lipinski definition) is 2. The van der Waals surface area contributed by atoms with E-state index in [1.807, 2.05) is 36.0 Å². The highest BCUT2D eigenvalue weighted by atomic mass is 32.1. The van der Waals surface area contributed by atoms with E-state index in [0.29, 0.717) is 29.7 Å². The number of benzene rings is 1. The number of hydrogen-bond acceptors (Lipinski definition) is 5. The molecule has 0 aliphatic carbocycles.